The molecule has 1 heterocycles. The van der Waals surface area contributed by atoms with Gasteiger partial charge < -0.3 is 11.1 Å². The summed E-state index contributed by atoms with van der Waals surface area (Å²) >= 11 is 0. The van der Waals surface area contributed by atoms with Crippen LogP contribution in [0.4, 0.5) is 5.69 Å². The second kappa shape index (κ2) is 3.89. The second-order valence-electron chi connectivity index (χ2n) is 3.06. The fourth-order valence-electron chi connectivity index (χ4n) is 1.03. The Hall–Kier alpha value is -1.58. The first-order valence-corrected chi connectivity index (χ1v) is 4.12. The number of aromatic nitrogens is 1. The molecule has 0 atom stereocenters. The summed E-state index contributed by atoms with van der Waals surface area (Å²) in [5.41, 5.74) is 6.12. The Morgan fingerprint density at radius 2 is 2.31 bits per heavy atom. The monoisotopic (exact) mass is 179 g/mol. The van der Waals surface area contributed by atoms with Crippen molar-refractivity contribution in [2.75, 3.05) is 5.32 Å². The first kappa shape index (κ1) is 9.51. The van der Waals surface area contributed by atoms with Crippen molar-refractivity contribution in [1.29, 1.82) is 0 Å². The topological polar surface area (TPSA) is 68.0 Å². The van der Waals surface area contributed by atoms with Gasteiger partial charge in [0.15, 0.2) is 5.69 Å². The van der Waals surface area contributed by atoms with Crippen molar-refractivity contribution in [3.05, 3.63) is 24.0 Å². The molecule has 0 aliphatic rings. The molecule has 4 nitrogen and oxygen atoms in total. The highest BCUT2D eigenvalue weighted by molar-refractivity contribution is 5.96. The van der Waals surface area contributed by atoms with Gasteiger partial charge in [-0.25, -0.2) is 4.98 Å². The molecule has 0 saturated carbocycles. The van der Waals surface area contributed by atoms with E-state index < -0.39 is 5.91 Å². The molecule has 0 unspecified atom stereocenters. The molecule has 1 rings (SSSR count). The van der Waals surface area contributed by atoms with Crippen molar-refractivity contribution in [3.63, 3.8) is 0 Å². The predicted octanol–water partition coefficient (Wildman–Crippen LogP) is 1.00. The Bertz CT molecular complexity index is 309. The van der Waals surface area contributed by atoms with Crippen LogP contribution in [-0.2, 0) is 0 Å². The summed E-state index contributed by atoms with van der Waals surface area (Å²) in [6.45, 7) is 3.97. The number of hydrogen-bond acceptors (Lipinski definition) is 3. The van der Waals surface area contributed by atoms with Crippen LogP contribution in [0.5, 0.6) is 0 Å². The zero-order valence-corrected chi connectivity index (χ0v) is 7.74. The molecule has 0 bridgehead atoms. The van der Waals surface area contributed by atoms with E-state index in [1.807, 2.05) is 13.8 Å². The normalized spacial score (nSPS) is 10.1. The zero-order valence-electron chi connectivity index (χ0n) is 7.74. The van der Waals surface area contributed by atoms with Gasteiger partial charge in [0, 0.05) is 12.2 Å². The van der Waals surface area contributed by atoms with E-state index >= 15 is 0 Å². The van der Waals surface area contributed by atoms with Crippen LogP contribution in [0.15, 0.2) is 18.3 Å². The number of amides is 1. The van der Waals surface area contributed by atoms with E-state index in [1.54, 1.807) is 18.3 Å². The van der Waals surface area contributed by atoms with Gasteiger partial charge in [0.2, 0.25) is 0 Å². The third-order valence-corrected chi connectivity index (χ3v) is 1.49. The highest BCUT2D eigenvalue weighted by Crippen LogP contribution is 2.12. The molecular formula is C9H13N3O. The Labute approximate surface area is 77.2 Å². The van der Waals surface area contributed by atoms with Crippen LogP contribution in [0.2, 0.25) is 0 Å². The minimum atomic E-state index is -0.510. The Morgan fingerprint density at radius 1 is 1.62 bits per heavy atom. The van der Waals surface area contributed by atoms with Gasteiger partial charge in [-0.1, -0.05) is 0 Å². The molecule has 0 radical (unpaired) electrons. The quantitative estimate of drug-likeness (QED) is 0.727. The maximum Gasteiger partial charge on any atom is 0.269 e. The van der Waals surface area contributed by atoms with Crippen molar-refractivity contribution in [3.8, 4) is 0 Å². The van der Waals surface area contributed by atoms with E-state index in [0.29, 0.717) is 5.69 Å². The van der Waals surface area contributed by atoms with Crippen LogP contribution in [0.25, 0.3) is 0 Å². The van der Waals surface area contributed by atoms with Crippen molar-refractivity contribution in [2.24, 2.45) is 5.73 Å². The van der Waals surface area contributed by atoms with Crippen LogP contribution in [0.3, 0.4) is 0 Å². The minimum Gasteiger partial charge on any atom is -0.381 e. The Kier molecular flexibility index (Phi) is 2.84. The summed E-state index contributed by atoms with van der Waals surface area (Å²) < 4.78 is 0. The number of hydrogen-bond donors (Lipinski definition) is 2. The fourth-order valence-corrected chi connectivity index (χ4v) is 1.03. The third-order valence-electron chi connectivity index (χ3n) is 1.49. The average molecular weight is 179 g/mol. The summed E-state index contributed by atoms with van der Waals surface area (Å²) in [6.07, 6.45) is 1.55. The maximum atomic E-state index is 10.9. The molecule has 4 heteroatoms. The number of nitrogens with two attached hydrogens (primary N) is 1. The second-order valence-corrected chi connectivity index (χ2v) is 3.06. The molecule has 0 saturated heterocycles. The van der Waals surface area contributed by atoms with Crippen LogP contribution in [-0.4, -0.2) is 16.9 Å². The van der Waals surface area contributed by atoms with Crippen LogP contribution in [0.1, 0.15) is 24.3 Å². The highest BCUT2D eigenvalue weighted by atomic mass is 16.1. The van der Waals surface area contributed by atoms with Crippen LogP contribution in [0, 0.1) is 0 Å². The van der Waals surface area contributed by atoms with Crippen molar-refractivity contribution in [1.82, 2.24) is 4.98 Å². The molecule has 0 aliphatic carbocycles. The number of anilines is 1. The molecule has 1 amide bonds. The lowest BCUT2D eigenvalue weighted by molar-refractivity contribution is 0.0996. The molecule has 13 heavy (non-hydrogen) atoms. The fraction of sp³-hybridized carbons (Fsp3) is 0.333. The largest absolute Gasteiger partial charge is 0.381 e. The number of primary amides is 1. The lowest BCUT2D eigenvalue weighted by Crippen LogP contribution is -2.18. The molecule has 3 N–H and O–H groups in total. The molecule has 0 aliphatic heterocycles. The first-order chi connectivity index (χ1) is 6.11. The Morgan fingerprint density at radius 3 is 2.85 bits per heavy atom. The minimum absolute atomic E-state index is 0.252. The SMILES string of the molecule is CC(C)Nc1cccnc1C(N)=O. The summed E-state index contributed by atoms with van der Waals surface area (Å²) in [5, 5.41) is 3.09. The van der Waals surface area contributed by atoms with Gasteiger partial charge >= 0.3 is 0 Å². The molecule has 70 valence electrons. The van der Waals surface area contributed by atoms with E-state index in [9.17, 15) is 4.79 Å². The van der Waals surface area contributed by atoms with Gasteiger partial charge in [-0.3, -0.25) is 4.79 Å². The molecule has 0 spiro atoms. The van der Waals surface area contributed by atoms with E-state index in [2.05, 4.69) is 10.3 Å². The third kappa shape index (κ3) is 2.43. The van der Waals surface area contributed by atoms with Crippen molar-refractivity contribution in [2.45, 2.75) is 19.9 Å². The van der Waals surface area contributed by atoms with E-state index in [-0.39, 0.29) is 11.7 Å². The van der Waals surface area contributed by atoms with Gasteiger partial charge in [0.05, 0.1) is 5.69 Å². The van der Waals surface area contributed by atoms with Gasteiger partial charge in [0.1, 0.15) is 0 Å². The van der Waals surface area contributed by atoms with Crippen molar-refractivity contribution >= 4 is 11.6 Å². The molecule has 1 aromatic rings. The lowest BCUT2D eigenvalue weighted by Gasteiger charge is -2.11. The lowest BCUT2D eigenvalue weighted by atomic mass is 10.2. The maximum absolute atomic E-state index is 10.9. The highest BCUT2D eigenvalue weighted by Gasteiger charge is 2.08. The van der Waals surface area contributed by atoms with Crippen LogP contribution >= 0.6 is 0 Å². The zero-order chi connectivity index (χ0) is 9.84. The summed E-state index contributed by atoms with van der Waals surface area (Å²) in [4.78, 5) is 14.8. The Balaban J connectivity index is 2.98. The molecule has 0 aromatic carbocycles. The number of nitrogens with zero attached hydrogens (tertiary/aromatic N) is 1. The number of pyridine rings is 1. The van der Waals surface area contributed by atoms with E-state index in [0.717, 1.165) is 0 Å². The predicted molar refractivity (Wildman–Crippen MR) is 51.5 cm³/mol. The smallest absolute Gasteiger partial charge is 0.269 e. The number of carbonyl (C=O) groups excluding carboxylic acids is 1. The molecule has 1 aromatic heterocycles. The molecular weight excluding hydrogens is 166 g/mol. The van der Waals surface area contributed by atoms with Gasteiger partial charge in [-0.2, -0.15) is 0 Å². The van der Waals surface area contributed by atoms with Gasteiger partial charge in [-0.05, 0) is 26.0 Å². The molecule has 0 fully saturated rings. The summed E-state index contributed by atoms with van der Waals surface area (Å²) in [5.74, 6) is -0.510. The van der Waals surface area contributed by atoms with E-state index in [4.69, 9.17) is 5.73 Å². The van der Waals surface area contributed by atoms with E-state index in [1.165, 1.54) is 0 Å². The van der Waals surface area contributed by atoms with Gasteiger partial charge in [0.25, 0.3) is 5.91 Å². The first-order valence-electron chi connectivity index (χ1n) is 4.12. The standard InChI is InChI=1S/C9H13N3O/c1-6(2)12-7-4-3-5-11-8(7)9(10)13/h3-6,12H,1-2H3,(H2,10,13). The summed E-state index contributed by atoms with van der Waals surface area (Å²) in [6, 6.07) is 3.80. The summed E-state index contributed by atoms with van der Waals surface area (Å²) in [7, 11) is 0. The number of rotatable bonds is 3. The van der Waals surface area contributed by atoms with Gasteiger partial charge in [-0.15, -0.1) is 0 Å². The number of nitrogens with one attached hydrogen (secondary N) is 1. The van der Waals surface area contributed by atoms with Crippen molar-refractivity contribution < 1.29 is 4.79 Å². The van der Waals surface area contributed by atoms with Crippen LogP contribution < -0.4 is 11.1 Å². The average Bonchev–Trinajstić information content (AvgIpc) is 2.03. The number of carbonyl (C=O) groups is 1.